The van der Waals surface area contributed by atoms with Crippen LogP contribution in [-0.4, -0.2) is 37.1 Å². The molecule has 2 heterocycles. The van der Waals surface area contributed by atoms with Crippen LogP contribution in [0.2, 0.25) is 0 Å². The largest absolute Gasteiger partial charge is 0.355 e. The Balaban J connectivity index is 2.16. The molecule has 0 aliphatic carbocycles. The van der Waals surface area contributed by atoms with Crippen molar-refractivity contribution in [2.75, 3.05) is 5.75 Å². The number of rotatable bonds is 7. The van der Waals surface area contributed by atoms with Gasteiger partial charge in [0.25, 0.3) is 0 Å². The van der Waals surface area contributed by atoms with Crippen molar-refractivity contribution in [3.05, 3.63) is 33.0 Å². The van der Waals surface area contributed by atoms with E-state index in [4.69, 9.17) is 0 Å². The first-order valence-corrected chi connectivity index (χ1v) is 8.36. The molecule has 0 saturated heterocycles. The summed E-state index contributed by atoms with van der Waals surface area (Å²) < 4.78 is 1.52. The summed E-state index contributed by atoms with van der Waals surface area (Å²) in [6, 6.07) is 0. The van der Waals surface area contributed by atoms with Gasteiger partial charge in [0.1, 0.15) is 0 Å². The second-order valence-corrected chi connectivity index (χ2v) is 6.30. The van der Waals surface area contributed by atoms with Crippen LogP contribution in [0.5, 0.6) is 0 Å². The number of aromatic nitrogens is 4. The third-order valence-corrected chi connectivity index (χ3v) is 4.55. The minimum absolute atomic E-state index is 0.0629. The maximum Gasteiger partial charge on any atom is 0.343 e. The van der Waals surface area contributed by atoms with Crippen LogP contribution < -0.4 is 5.69 Å². The number of hydrogen-bond acceptors (Lipinski definition) is 5. The first-order valence-electron chi connectivity index (χ1n) is 7.38. The summed E-state index contributed by atoms with van der Waals surface area (Å²) in [5, 5.41) is 6.84. The van der Waals surface area contributed by atoms with Gasteiger partial charge in [-0.05, 0) is 32.8 Å². The van der Waals surface area contributed by atoms with Gasteiger partial charge in [0.15, 0.2) is 16.7 Å². The molecule has 2 rings (SSSR count). The number of nitrogens with one attached hydrogen (secondary N) is 2. The summed E-state index contributed by atoms with van der Waals surface area (Å²) in [4.78, 5) is 38.7. The molecule has 0 saturated carbocycles. The summed E-state index contributed by atoms with van der Waals surface area (Å²) in [5.41, 5.74) is 2.12. The number of H-pyrrole nitrogens is 2. The summed E-state index contributed by atoms with van der Waals surface area (Å²) in [6.45, 7) is 7.55. The normalized spacial score (nSPS) is 11.0. The van der Waals surface area contributed by atoms with Crippen molar-refractivity contribution in [2.45, 2.75) is 45.8 Å². The molecule has 0 unspecified atom stereocenters. The molecular weight excluding hydrogens is 316 g/mol. The zero-order valence-corrected chi connectivity index (χ0v) is 14.5. The summed E-state index contributed by atoms with van der Waals surface area (Å²) >= 11 is 1.21. The van der Waals surface area contributed by atoms with E-state index in [2.05, 4.69) is 15.2 Å². The Kier molecular flexibility index (Phi) is 5.25. The highest BCUT2D eigenvalue weighted by Gasteiger charge is 2.20. The average molecular weight is 336 g/mol. The molecule has 0 aliphatic heterocycles. The minimum atomic E-state index is -0.271. The van der Waals surface area contributed by atoms with Crippen molar-refractivity contribution in [1.82, 2.24) is 19.7 Å². The number of aromatic amines is 2. The summed E-state index contributed by atoms with van der Waals surface area (Å²) in [5.74, 6) is -0.0415. The zero-order chi connectivity index (χ0) is 17.1. The molecule has 0 bridgehead atoms. The Labute approximate surface area is 137 Å². The van der Waals surface area contributed by atoms with Crippen molar-refractivity contribution in [3.8, 4) is 0 Å². The highest BCUT2D eigenvalue weighted by molar-refractivity contribution is 7.99. The molecule has 0 fully saturated rings. The molecule has 0 aliphatic rings. The van der Waals surface area contributed by atoms with E-state index in [1.54, 1.807) is 13.8 Å². The second-order valence-electron chi connectivity index (χ2n) is 5.36. The van der Waals surface area contributed by atoms with Crippen LogP contribution >= 0.6 is 11.8 Å². The topological polar surface area (TPSA) is 101 Å². The molecule has 0 atom stereocenters. The van der Waals surface area contributed by atoms with Crippen LogP contribution in [0.4, 0.5) is 0 Å². The van der Waals surface area contributed by atoms with E-state index < -0.39 is 0 Å². The van der Waals surface area contributed by atoms with Crippen LogP contribution in [-0.2, 0) is 6.54 Å². The highest BCUT2D eigenvalue weighted by atomic mass is 32.2. The Morgan fingerprint density at radius 1 is 1.30 bits per heavy atom. The maximum atomic E-state index is 12.4. The Morgan fingerprint density at radius 3 is 2.57 bits per heavy atom. The van der Waals surface area contributed by atoms with Gasteiger partial charge in [-0.15, -0.1) is 5.10 Å². The van der Waals surface area contributed by atoms with Gasteiger partial charge < -0.3 is 4.98 Å². The van der Waals surface area contributed by atoms with Crippen LogP contribution in [0.25, 0.3) is 0 Å². The third kappa shape index (κ3) is 3.47. The quantitative estimate of drug-likeness (QED) is 0.596. The van der Waals surface area contributed by atoms with Crippen molar-refractivity contribution >= 4 is 23.3 Å². The molecule has 2 N–H and O–H groups in total. The number of aryl methyl sites for hydroxylation is 1. The van der Waals surface area contributed by atoms with Crippen molar-refractivity contribution in [3.63, 3.8) is 0 Å². The Morgan fingerprint density at radius 2 is 2.00 bits per heavy atom. The van der Waals surface area contributed by atoms with Gasteiger partial charge in [0.2, 0.25) is 0 Å². The SMILES string of the molecule is CCCn1c(SCC(=O)c2[nH]c(C)c(C(C)=O)c2C)n[nH]c1=O. The molecular formula is C15H20N4O3S. The number of carbonyl (C=O) groups excluding carboxylic acids is 2. The zero-order valence-electron chi connectivity index (χ0n) is 13.6. The maximum absolute atomic E-state index is 12.4. The number of nitrogens with zero attached hydrogens (tertiary/aromatic N) is 2. The molecule has 124 valence electrons. The predicted molar refractivity (Wildman–Crippen MR) is 88.5 cm³/mol. The number of hydrogen-bond donors (Lipinski definition) is 2. The van der Waals surface area contributed by atoms with E-state index >= 15 is 0 Å². The Hall–Kier alpha value is -2.09. The van der Waals surface area contributed by atoms with Crippen LogP contribution in [0.15, 0.2) is 9.95 Å². The van der Waals surface area contributed by atoms with E-state index in [-0.39, 0.29) is 23.0 Å². The lowest BCUT2D eigenvalue weighted by Gasteiger charge is -2.03. The summed E-state index contributed by atoms with van der Waals surface area (Å²) in [6.07, 6.45) is 0.803. The highest BCUT2D eigenvalue weighted by Crippen LogP contribution is 2.21. The van der Waals surface area contributed by atoms with E-state index in [0.29, 0.717) is 34.2 Å². The monoisotopic (exact) mass is 336 g/mol. The van der Waals surface area contributed by atoms with Crippen LogP contribution in [0.3, 0.4) is 0 Å². The summed E-state index contributed by atoms with van der Waals surface area (Å²) in [7, 11) is 0. The van der Waals surface area contributed by atoms with E-state index in [0.717, 1.165) is 6.42 Å². The predicted octanol–water partition coefficient (Wildman–Crippen LogP) is 2.10. The van der Waals surface area contributed by atoms with Gasteiger partial charge in [-0.1, -0.05) is 18.7 Å². The lowest BCUT2D eigenvalue weighted by molar-refractivity contribution is 0.101. The smallest absolute Gasteiger partial charge is 0.343 e. The van der Waals surface area contributed by atoms with Crippen molar-refractivity contribution < 1.29 is 9.59 Å². The molecule has 0 spiro atoms. The van der Waals surface area contributed by atoms with E-state index in [9.17, 15) is 14.4 Å². The minimum Gasteiger partial charge on any atom is -0.355 e. The molecule has 2 aromatic rings. The first kappa shape index (κ1) is 17.3. The fourth-order valence-electron chi connectivity index (χ4n) is 2.59. The molecule has 23 heavy (non-hydrogen) atoms. The first-order chi connectivity index (χ1) is 10.9. The van der Waals surface area contributed by atoms with Gasteiger partial charge >= 0.3 is 5.69 Å². The van der Waals surface area contributed by atoms with Gasteiger partial charge in [0.05, 0.1) is 11.4 Å². The molecule has 8 heteroatoms. The van der Waals surface area contributed by atoms with Gasteiger partial charge in [-0.3, -0.25) is 14.2 Å². The van der Waals surface area contributed by atoms with E-state index in [1.807, 2.05) is 6.92 Å². The third-order valence-electron chi connectivity index (χ3n) is 3.57. The van der Waals surface area contributed by atoms with Gasteiger partial charge in [-0.2, -0.15) is 0 Å². The van der Waals surface area contributed by atoms with Crippen molar-refractivity contribution in [2.24, 2.45) is 0 Å². The average Bonchev–Trinajstić information content (AvgIpc) is 2.98. The lowest BCUT2D eigenvalue weighted by atomic mass is 10.1. The fraction of sp³-hybridized carbons (Fsp3) is 0.467. The number of thioether (sulfide) groups is 1. The van der Waals surface area contributed by atoms with Crippen LogP contribution in [0.1, 0.15) is 52.4 Å². The van der Waals surface area contributed by atoms with Gasteiger partial charge in [-0.25, -0.2) is 9.89 Å². The molecule has 2 aromatic heterocycles. The second kappa shape index (κ2) is 6.99. The van der Waals surface area contributed by atoms with Crippen LogP contribution in [0, 0.1) is 13.8 Å². The van der Waals surface area contributed by atoms with Gasteiger partial charge in [0, 0.05) is 17.8 Å². The standard InChI is InChI=1S/C15H20N4O3S/c1-5-6-19-14(22)17-18-15(19)23-7-11(21)13-8(2)12(10(4)20)9(3)16-13/h16H,5-7H2,1-4H3,(H,17,22). The number of carbonyl (C=O) groups is 2. The fourth-order valence-corrected chi connectivity index (χ4v) is 3.44. The molecule has 0 aromatic carbocycles. The van der Waals surface area contributed by atoms with Crippen molar-refractivity contribution in [1.29, 1.82) is 0 Å². The lowest BCUT2D eigenvalue weighted by Crippen LogP contribution is -2.17. The number of Topliss-reactive ketones (excluding diaryl/α,β-unsaturated/α-hetero) is 2. The Bertz CT molecular complexity index is 800. The van der Waals surface area contributed by atoms with E-state index in [1.165, 1.54) is 23.3 Å². The molecule has 7 nitrogen and oxygen atoms in total. The molecule has 0 amide bonds. The molecule has 0 radical (unpaired) electrons. The number of ketones is 2.